The van der Waals surface area contributed by atoms with Crippen LogP contribution in [-0.4, -0.2) is 52.3 Å². The van der Waals surface area contributed by atoms with Gasteiger partial charge in [-0.1, -0.05) is 72.8 Å². The van der Waals surface area contributed by atoms with E-state index in [9.17, 15) is 5.11 Å². The van der Waals surface area contributed by atoms with Crippen molar-refractivity contribution in [2.24, 2.45) is 17.3 Å². The first-order valence-corrected chi connectivity index (χ1v) is 23.5. The Morgan fingerprint density at radius 2 is 1.55 bits per heavy atom. The summed E-state index contributed by atoms with van der Waals surface area (Å²) in [6, 6.07) is 0. The lowest BCUT2D eigenvalue weighted by Crippen LogP contribution is -2.49. The minimum atomic E-state index is -1.98. The van der Waals surface area contributed by atoms with Crippen molar-refractivity contribution in [2.75, 3.05) is 6.61 Å². The molecule has 0 spiro atoms. The van der Waals surface area contributed by atoms with Crippen molar-refractivity contribution in [3.8, 4) is 0 Å². The molecule has 44 heavy (non-hydrogen) atoms. The Bertz CT molecular complexity index is 1070. The molecule has 3 saturated carbocycles. The molecule has 3 aliphatic carbocycles. The Labute approximate surface area is 274 Å². The lowest BCUT2D eigenvalue weighted by atomic mass is 9.62. The van der Waals surface area contributed by atoms with Gasteiger partial charge in [0.05, 0.1) is 23.9 Å². The molecule has 0 unspecified atom stereocenters. The molecule has 0 saturated heterocycles. The normalized spacial score (nSPS) is 31.9. The largest absolute Gasteiger partial charge is 0.413 e. The predicted molar refractivity (Wildman–Crippen MR) is 193 cm³/mol. The molecule has 0 aromatic rings. The number of ether oxygens (including phenoxy) is 1. The first-order valence-electron chi connectivity index (χ1n) is 17.7. The van der Waals surface area contributed by atoms with E-state index >= 15 is 0 Å². The van der Waals surface area contributed by atoms with E-state index < -0.39 is 22.2 Å². The molecule has 0 bridgehead atoms. The summed E-state index contributed by atoms with van der Waals surface area (Å²) in [5, 5.41) is 10.5. The standard InChI is InChI=1S/C38H70O4Si2/c1-27-30(25-31(41-43(12,13)35(3,4)5)26-34(27)42-44(14,15)36(6,7)8)19-18-29-17-16-22-38(11)32(20-21-33(29)38)28(2)40-24-23-37(9,10)39/h18-19,28,31-34,39H,1,16-17,20-26H2,2-15H3/b29-18+,30-19+/t28-,31+,32+,33-,34-,38+/m0/s1. The molecule has 3 aliphatic rings. The molecule has 6 heteroatoms. The fraction of sp³-hybridized carbons (Fsp3) is 0.842. The second kappa shape index (κ2) is 13.5. The molecule has 0 radical (unpaired) electrons. The van der Waals surface area contributed by atoms with Gasteiger partial charge in [0.15, 0.2) is 16.6 Å². The monoisotopic (exact) mass is 646 g/mol. The zero-order valence-electron chi connectivity index (χ0n) is 31.3. The van der Waals surface area contributed by atoms with E-state index in [1.807, 2.05) is 13.8 Å². The molecule has 0 heterocycles. The number of aliphatic hydroxyl groups is 1. The van der Waals surface area contributed by atoms with Crippen LogP contribution in [0.25, 0.3) is 0 Å². The summed E-state index contributed by atoms with van der Waals surface area (Å²) in [7, 11) is -3.92. The Balaban J connectivity index is 1.86. The zero-order chi connectivity index (χ0) is 33.5. The van der Waals surface area contributed by atoms with Gasteiger partial charge in [0, 0.05) is 13.0 Å². The number of rotatable bonds is 10. The van der Waals surface area contributed by atoms with E-state index in [1.54, 1.807) is 5.57 Å². The van der Waals surface area contributed by atoms with Gasteiger partial charge in [-0.2, -0.15) is 0 Å². The van der Waals surface area contributed by atoms with E-state index in [-0.39, 0.29) is 33.8 Å². The molecule has 6 atom stereocenters. The molecule has 254 valence electrons. The molecule has 3 rings (SSSR count). The lowest BCUT2D eigenvalue weighted by Gasteiger charge is -2.45. The first-order chi connectivity index (χ1) is 19.9. The van der Waals surface area contributed by atoms with Crippen LogP contribution in [0, 0.1) is 17.3 Å². The molecule has 3 fully saturated rings. The molecular weight excluding hydrogens is 577 g/mol. The van der Waals surface area contributed by atoms with Crippen LogP contribution >= 0.6 is 0 Å². The smallest absolute Gasteiger partial charge is 0.192 e. The fourth-order valence-electron chi connectivity index (χ4n) is 7.43. The molecule has 0 aromatic carbocycles. The van der Waals surface area contributed by atoms with Crippen LogP contribution < -0.4 is 0 Å². The van der Waals surface area contributed by atoms with E-state index in [0.29, 0.717) is 24.9 Å². The van der Waals surface area contributed by atoms with Crippen molar-refractivity contribution >= 4 is 16.6 Å². The Hall–Kier alpha value is -0.506. The van der Waals surface area contributed by atoms with Crippen molar-refractivity contribution in [3.05, 3.63) is 35.5 Å². The lowest BCUT2D eigenvalue weighted by molar-refractivity contribution is -0.0454. The molecule has 0 aromatic heterocycles. The third kappa shape index (κ3) is 8.89. The predicted octanol–water partition coefficient (Wildman–Crippen LogP) is 10.8. The van der Waals surface area contributed by atoms with E-state index in [4.69, 9.17) is 13.6 Å². The van der Waals surface area contributed by atoms with Crippen LogP contribution in [-0.2, 0) is 13.6 Å². The van der Waals surface area contributed by atoms with E-state index in [0.717, 1.165) is 12.8 Å². The van der Waals surface area contributed by atoms with Crippen molar-refractivity contribution in [2.45, 2.75) is 181 Å². The Morgan fingerprint density at radius 3 is 2.11 bits per heavy atom. The highest BCUT2D eigenvalue weighted by Gasteiger charge is 2.51. The second-order valence-corrected chi connectivity index (χ2v) is 28.0. The summed E-state index contributed by atoms with van der Waals surface area (Å²) in [4.78, 5) is 0. The van der Waals surface area contributed by atoms with Crippen LogP contribution in [0.3, 0.4) is 0 Å². The maximum atomic E-state index is 10.2. The minimum Gasteiger partial charge on any atom is -0.413 e. The van der Waals surface area contributed by atoms with Crippen LogP contribution in [0.4, 0.5) is 0 Å². The third-order valence-electron chi connectivity index (χ3n) is 12.4. The van der Waals surface area contributed by atoms with Crippen LogP contribution in [0.5, 0.6) is 0 Å². The molecule has 4 nitrogen and oxygen atoms in total. The van der Waals surface area contributed by atoms with Crippen LogP contribution in [0.1, 0.15) is 121 Å². The van der Waals surface area contributed by atoms with Crippen molar-refractivity contribution in [3.63, 3.8) is 0 Å². The van der Waals surface area contributed by atoms with E-state index in [2.05, 4.69) is 100 Å². The summed E-state index contributed by atoms with van der Waals surface area (Å²) >= 11 is 0. The van der Waals surface area contributed by atoms with Crippen molar-refractivity contribution in [1.29, 1.82) is 0 Å². The second-order valence-electron chi connectivity index (χ2n) is 18.5. The maximum Gasteiger partial charge on any atom is 0.192 e. The van der Waals surface area contributed by atoms with Gasteiger partial charge in [0.1, 0.15) is 0 Å². The molecule has 0 amide bonds. The SMILES string of the molecule is C=C1/C(=C/C=C2\CCC[C@]3(C)[C@@H]([C@H](C)OCCC(C)(C)O)CC[C@@H]23)C[C@@H](O[Si](C)(C)C(C)(C)C)C[C@@H]1O[Si](C)(C)C(C)(C)C. The number of hydrogen-bond donors (Lipinski definition) is 1. The van der Waals surface area contributed by atoms with Crippen LogP contribution in [0.15, 0.2) is 35.5 Å². The van der Waals surface area contributed by atoms with Gasteiger partial charge in [0.2, 0.25) is 0 Å². The Morgan fingerprint density at radius 1 is 0.955 bits per heavy atom. The summed E-state index contributed by atoms with van der Waals surface area (Å²) < 4.78 is 20.5. The fourth-order valence-corrected chi connectivity index (χ4v) is 10.1. The van der Waals surface area contributed by atoms with Gasteiger partial charge < -0.3 is 18.7 Å². The Kier molecular flexibility index (Phi) is 11.7. The highest BCUT2D eigenvalue weighted by atomic mass is 28.4. The molecular formula is C38H70O4Si2. The maximum absolute atomic E-state index is 10.2. The highest BCUT2D eigenvalue weighted by molar-refractivity contribution is 6.74. The molecule has 1 N–H and O–H groups in total. The zero-order valence-corrected chi connectivity index (χ0v) is 33.3. The molecule has 0 aliphatic heterocycles. The van der Waals surface area contributed by atoms with Crippen molar-refractivity contribution < 1.29 is 18.7 Å². The van der Waals surface area contributed by atoms with Gasteiger partial charge in [-0.15, -0.1) is 0 Å². The average Bonchev–Trinajstić information content (AvgIpc) is 3.20. The van der Waals surface area contributed by atoms with Crippen molar-refractivity contribution in [1.82, 2.24) is 0 Å². The van der Waals surface area contributed by atoms with Crippen LogP contribution in [0.2, 0.25) is 36.3 Å². The van der Waals surface area contributed by atoms with Gasteiger partial charge in [0.25, 0.3) is 0 Å². The number of hydrogen-bond acceptors (Lipinski definition) is 4. The van der Waals surface area contributed by atoms with Gasteiger partial charge in [-0.3, -0.25) is 0 Å². The highest BCUT2D eigenvalue weighted by Crippen LogP contribution is 2.58. The number of fused-ring (bicyclic) bond motifs is 1. The summed E-state index contributed by atoms with van der Waals surface area (Å²) in [5.41, 5.74) is 3.68. The van der Waals surface area contributed by atoms with Gasteiger partial charge in [-0.25, -0.2) is 0 Å². The van der Waals surface area contributed by atoms with Gasteiger partial charge in [-0.05, 0) is 130 Å². The topological polar surface area (TPSA) is 47.9 Å². The summed E-state index contributed by atoms with van der Waals surface area (Å²) in [5.74, 6) is 1.16. The number of allylic oxidation sites excluding steroid dienone is 3. The first kappa shape index (κ1) is 37.9. The summed E-state index contributed by atoms with van der Waals surface area (Å²) in [6.07, 6.45) is 13.9. The van der Waals surface area contributed by atoms with Gasteiger partial charge >= 0.3 is 0 Å². The van der Waals surface area contributed by atoms with E-state index in [1.165, 1.54) is 43.3 Å². The minimum absolute atomic E-state index is 0.0124. The quantitative estimate of drug-likeness (QED) is 0.240. The average molecular weight is 647 g/mol. The third-order valence-corrected chi connectivity index (χ3v) is 21.5. The summed E-state index contributed by atoms with van der Waals surface area (Å²) in [6.45, 7) is 37.2.